The lowest BCUT2D eigenvalue weighted by atomic mass is 10.00. The molecule has 1 rings (SSSR count). The van der Waals surface area contributed by atoms with Crippen LogP contribution in [0.1, 0.15) is 47.0 Å². The molecule has 0 spiro atoms. The Hall–Kier alpha value is -0.0800. The van der Waals surface area contributed by atoms with Crippen LogP contribution >= 0.6 is 0 Å². The summed E-state index contributed by atoms with van der Waals surface area (Å²) in [6, 6.07) is 0.779. The second kappa shape index (κ2) is 7.29. The summed E-state index contributed by atoms with van der Waals surface area (Å²) in [6.07, 6.45) is 4.08. The molecule has 1 aliphatic heterocycles. The predicted molar refractivity (Wildman–Crippen MR) is 71.8 cm³/mol. The SMILES string of the molecule is CC(C)CCCN1CCNCC1CC(C)C. The van der Waals surface area contributed by atoms with E-state index in [0.717, 1.165) is 17.9 Å². The topological polar surface area (TPSA) is 15.3 Å². The standard InChI is InChI=1S/C14H30N2/c1-12(2)6-5-8-16-9-7-15-11-14(16)10-13(3)4/h12-15H,5-11H2,1-4H3. The van der Waals surface area contributed by atoms with E-state index in [1.54, 1.807) is 0 Å². The van der Waals surface area contributed by atoms with Gasteiger partial charge in [-0.05, 0) is 37.6 Å². The second-order valence-corrected chi connectivity index (χ2v) is 6.06. The lowest BCUT2D eigenvalue weighted by molar-refractivity contribution is 0.138. The molecule has 1 heterocycles. The van der Waals surface area contributed by atoms with Gasteiger partial charge in [-0.15, -0.1) is 0 Å². The minimum Gasteiger partial charge on any atom is -0.314 e. The maximum absolute atomic E-state index is 3.53. The molecule has 0 saturated carbocycles. The van der Waals surface area contributed by atoms with Crippen LogP contribution in [-0.2, 0) is 0 Å². The van der Waals surface area contributed by atoms with Crippen molar-refractivity contribution < 1.29 is 0 Å². The summed E-state index contributed by atoms with van der Waals surface area (Å²) in [5.74, 6) is 1.67. The summed E-state index contributed by atoms with van der Waals surface area (Å²) in [4.78, 5) is 2.71. The Labute approximate surface area is 102 Å². The molecule has 96 valence electrons. The first-order valence-electron chi connectivity index (χ1n) is 7.04. The number of nitrogens with zero attached hydrogens (tertiary/aromatic N) is 1. The molecule has 0 aromatic heterocycles. The smallest absolute Gasteiger partial charge is 0.0223 e. The van der Waals surface area contributed by atoms with Crippen molar-refractivity contribution in [3.8, 4) is 0 Å². The van der Waals surface area contributed by atoms with Crippen molar-refractivity contribution in [3.05, 3.63) is 0 Å². The summed E-state index contributed by atoms with van der Waals surface area (Å²) < 4.78 is 0. The van der Waals surface area contributed by atoms with Gasteiger partial charge in [0.25, 0.3) is 0 Å². The van der Waals surface area contributed by atoms with Crippen LogP contribution in [0.15, 0.2) is 0 Å². The molecule has 0 aliphatic carbocycles. The summed E-state index contributed by atoms with van der Waals surface area (Å²) in [5, 5.41) is 3.53. The minimum absolute atomic E-state index is 0.779. The maximum Gasteiger partial charge on any atom is 0.0223 e. The van der Waals surface area contributed by atoms with E-state index in [9.17, 15) is 0 Å². The highest BCUT2D eigenvalue weighted by Gasteiger charge is 2.22. The highest BCUT2D eigenvalue weighted by Crippen LogP contribution is 2.15. The first kappa shape index (κ1) is 14.0. The van der Waals surface area contributed by atoms with Gasteiger partial charge in [0.05, 0.1) is 0 Å². The van der Waals surface area contributed by atoms with Gasteiger partial charge in [0.2, 0.25) is 0 Å². The van der Waals surface area contributed by atoms with Crippen LogP contribution in [0.3, 0.4) is 0 Å². The van der Waals surface area contributed by atoms with Gasteiger partial charge in [0.15, 0.2) is 0 Å². The van der Waals surface area contributed by atoms with Crippen molar-refractivity contribution in [2.24, 2.45) is 11.8 Å². The number of nitrogens with one attached hydrogen (secondary N) is 1. The van der Waals surface area contributed by atoms with E-state index >= 15 is 0 Å². The third kappa shape index (κ3) is 5.31. The molecule has 16 heavy (non-hydrogen) atoms. The fraction of sp³-hybridized carbons (Fsp3) is 1.00. The predicted octanol–water partition coefficient (Wildman–Crippen LogP) is 2.74. The first-order valence-corrected chi connectivity index (χ1v) is 7.04. The minimum atomic E-state index is 0.779. The Morgan fingerprint density at radius 1 is 1.19 bits per heavy atom. The van der Waals surface area contributed by atoms with Crippen molar-refractivity contribution in [1.29, 1.82) is 0 Å². The molecule has 1 unspecified atom stereocenters. The fourth-order valence-corrected chi connectivity index (χ4v) is 2.58. The lowest BCUT2D eigenvalue weighted by Gasteiger charge is -2.37. The van der Waals surface area contributed by atoms with Crippen LogP contribution in [0.5, 0.6) is 0 Å². The fourth-order valence-electron chi connectivity index (χ4n) is 2.58. The van der Waals surface area contributed by atoms with Gasteiger partial charge < -0.3 is 5.32 Å². The van der Waals surface area contributed by atoms with Crippen LogP contribution in [0.25, 0.3) is 0 Å². The van der Waals surface area contributed by atoms with Crippen LogP contribution < -0.4 is 5.32 Å². The van der Waals surface area contributed by atoms with Crippen molar-refractivity contribution in [2.75, 3.05) is 26.2 Å². The largest absolute Gasteiger partial charge is 0.314 e. The number of piperazine rings is 1. The molecular formula is C14H30N2. The summed E-state index contributed by atoms with van der Waals surface area (Å²) in [5.41, 5.74) is 0. The summed E-state index contributed by atoms with van der Waals surface area (Å²) in [6.45, 7) is 14.2. The molecule has 2 heteroatoms. The normalized spacial score (nSPS) is 23.2. The van der Waals surface area contributed by atoms with Crippen LogP contribution in [0.2, 0.25) is 0 Å². The zero-order valence-electron chi connectivity index (χ0n) is 11.6. The van der Waals surface area contributed by atoms with Gasteiger partial charge in [-0.2, -0.15) is 0 Å². The van der Waals surface area contributed by atoms with Gasteiger partial charge in [-0.25, -0.2) is 0 Å². The van der Waals surface area contributed by atoms with Gasteiger partial charge in [-0.1, -0.05) is 27.7 Å². The molecule has 0 bridgehead atoms. The third-order valence-corrected chi connectivity index (χ3v) is 3.44. The quantitative estimate of drug-likeness (QED) is 0.749. The van der Waals surface area contributed by atoms with Crippen LogP contribution in [0.4, 0.5) is 0 Å². The van der Waals surface area contributed by atoms with Crippen LogP contribution in [0, 0.1) is 11.8 Å². The van der Waals surface area contributed by atoms with Gasteiger partial charge in [0.1, 0.15) is 0 Å². The molecule has 0 aromatic rings. The van der Waals surface area contributed by atoms with E-state index in [1.807, 2.05) is 0 Å². The molecule has 0 amide bonds. The van der Waals surface area contributed by atoms with Gasteiger partial charge in [0, 0.05) is 25.7 Å². The van der Waals surface area contributed by atoms with E-state index in [0.29, 0.717) is 0 Å². The summed E-state index contributed by atoms with van der Waals surface area (Å²) >= 11 is 0. The Kier molecular flexibility index (Phi) is 6.37. The Balaban J connectivity index is 2.29. The highest BCUT2D eigenvalue weighted by molar-refractivity contribution is 4.80. The molecule has 1 atom stereocenters. The average molecular weight is 226 g/mol. The summed E-state index contributed by atoms with van der Waals surface area (Å²) in [7, 11) is 0. The lowest BCUT2D eigenvalue weighted by Crippen LogP contribution is -2.51. The average Bonchev–Trinajstić information content (AvgIpc) is 2.19. The molecule has 0 radical (unpaired) electrons. The molecule has 1 N–H and O–H groups in total. The molecular weight excluding hydrogens is 196 g/mol. The highest BCUT2D eigenvalue weighted by atomic mass is 15.2. The molecule has 1 aliphatic rings. The molecule has 1 fully saturated rings. The zero-order valence-corrected chi connectivity index (χ0v) is 11.6. The van der Waals surface area contributed by atoms with E-state index in [2.05, 4.69) is 37.9 Å². The van der Waals surface area contributed by atoms with E-state index in [4.69, 9.17) is 0 Å². The van der Waals surface area contributed by atoms with Crippen molar-refractivity contribution >= 4 is 0 Å². The van der Waals surface area contributed by atoms with E-state index in [1.165, 1.54) is 45.4 Å². The number of rotatable bonds is 6. The Morgan fingerprint density at radius 3 is 2.56 bits per heavy atom. The van der Waals surface area contributed by atoms with E-state index in [-0.39, 0.29) is 0 Å². The van der Waals surface area contributed by atoms with E-state index < -0.39 is 0 Å². The van der Waals surface area contributed by atoms with Crippen LogP contribution in [-0.4, -0.2) is 37.1 Å². The van der Waals surface area contributed by atoms with Gasteiger partial charge >= 0.3 is 0 Å². The van der Waals surface area contributed by atoms with Gasteiger partial charge in [-0.3, -0.25) is 4.90 Å². The Morgan fingerprint density at radius 2 is 1.94 bits per heavy atom. The van der Waals surface area contributed by atoms with Crippen molar-refractivity contribution in [1.82, 2.24) is 10.2 Å². The number of hydrogen-bond donors (Lipinski definition) is 1. The molecule has 1 saturated heterocycles. The second-order valence-electron chi connectivity index (χ2n) is 6.06. The maximum atomic E-state index is 3.53. The molecule has 2 nitrogen and oxygen atoms in total. The van der Waals surface area contributed by atoms with Crippen molar-refractivity contribution in [2.45, 2.75) is 53.0 Å². The van der Waals surface area contributed by atoms with Crippen molar-refractivity contribution in [3.63, 3.8) is 0 Å². The Bertz CT molecular complexity index is 178. The monoisotopic (exact) mass is 226 g/mol. The first-order chi connectivity index (χ1) is 7.59. The molecule has 0 aromatic carbocycles. The third-order valence-electron chi connectivity index (χ3n) is 3.44. The number of hydrogen-bond acceptors (Lipinski definition) is 2. The zero-order chi connectivity index (χ0) is 12.0.